The molecule has 0 saturated carbocycles. The first-order valence-corrected chi connectivity index (χ1v) is 11.9. The van der Waals surface area contributed by atoms with Gasteiger partial charge in [0.05, 0.1) is 0 Å². The van der Waals surface area contributed by atoms with Crippen LogP contribution in [0.15, 0.2) is 0 Å². The van der Waals surface area contributed by atoms with Crippen molar-refractivity contribution < 1.29 is 22.8 Å². The summed E-state index contributed by atoms with van der Waals surface area (Å²) in [7, 11) is 0. The maximum absolute atomic E-state index is 13.0. The third-order valence-electron chi connectivity index (χ3n) is 7.18. The molecule has 2 aliphatic rings. The van der Waals surface area contributed by atoms with Crippen LogP contribution in [0.5, 0.6) is 0 Å². The smallest absolute Gasteiger partial charge is 0.343 e. The number of nitrogens with zero attached hydrogens (tertiary/aromatic N) is 6. The highest BCUT2D eigenvalue weighted by Gasteiger charge is 2.37. The van der Waals surface area contributed by atoms with E-state index < -0.39 is 12.0 Å². The maximum atomic E-state index is 13.0. The van der Waals surface area contributed by atoms with Crippen molar-refractivity contribution in [3.05, 3.63) is 22.8 Å². The Bertz CT molecular complexity index is 1070. The van der Waals surface area contributed by atoms with Crippen LogP contribution >= 0.6 is 0 Å². The molecule has 0 unspecified atom stereocenters. The highest BCUT2D eigenvalue weighted by molar-refractivity contribution is 5.80. The summed E-state index contributed by atoms with van der Waals surface area (Å²) in [5.41, 5.74) is 1.74. The lowest BCUT2D eigenvalue weighted by atomic mass is 9.92. The zero-order valence-electron chi connectivity index (χ0n) is 19.9. The number of carbonyl (C=O) groups excluding carboxylic acids is 2. The van der Waals surface area contributed by atoms with E-state index in [9.17, 15) is 22.8 Å². The van der Waals surface area contributed by atoms with Gasteiger partial charge in [0.2, 0.25) is 11.8 Å². The number of aryl methyl sites for hydroxylation is 2. The van der Waals surface area contributed by atoms with E-state index in [0.29, 0.717) is 55.2 Å². The van der Waals surface area contributed by atoms with E-state index in [0.717, 1.165) is 30.4 Å². The van der Waals surface area contributed by atoms with Gasteiger partial charge < -0.3 is 9.80 Å². The Morgan fingerprint density at radius 2 is 1.59 bits per heavy atom. The van der Waals surface area contributed by atoms with E-state index in [1.807, 2.05) is 4.90 Å². The van der Waals surface area contributed by atoms with Gasteiger partial charge in [0.15, 0.2) is 0 Å². The van der Waals surface area contributed by atoms with Crippen LogP contribution in [0.25, 0.3) is 5.78 Å². The monoisotopic (exact) mass is 480 g/mol. The van der Waals surface area contributed by atoms with Gasteiger partial charge in [0.25, 0.3) is 11.6 Å². The summed E-state index contributed by atoms with van der Waals surface area (Å²) < 4.78 is 40.0. The van der Waals surface area contributed by atoms with Gasteiger partial charge in [-0.2, -0.15) is 18.2 Å². The van der Waals surface area contributed by atoms with Crippen molar-refractivity contribution in [1.82, 2.24) is 29.4 Å². The summed E-state index contributed by atoms with van der Waals surface area (Å²) in [4.78, 5) is 37.1. The summed E-state index contributed by atoms with van der Waals surface area (Å²) >= 11 is 0. The molecule has 2 fully saturated rings. The van der Waals surface area contributed by atoms with E-state index >= 15 is 0 Å². The second-order valence-corrected chi connectivity index (χ2v) is 9.57. The Balaban J connectivity index is 1.34. The lowest BCUT2D eigenvalue weighted by molar-refractivity contribution is -0.144. The van der Waals surface area contributed by atoms with Crippen molar-refractivity contribution in [3.8, 4) is 0 Å². The largest absolute Gasteiger partial charge is 0.453 e. The van der Waals surface area contributed by atoms with Gasteiger partial charge in [0.1, 0.15) is 0 Å². The number of amides is 2. The van der Waals surface area contributed by atoms with Gasteiger partial charge in [-0.25, -0.2) is 9.50 Å². The van der Waals surface area contributed by atoms with Gasteiger partial charge in [-0.15, -0.1) is 5.10 Å². The molecule has 8 nitrogen and oxygen atoms in total. The number of piperidine rings is 2. The van der Waals surface area contributed by atoms with Gasteiger partial charge in [-0.05, 0) is 57.4 Å². The Kier molecular flexibility index (Phi) is 6.82. The minimum absolute atomic E-state index is 0.0221. The number of alkyl halides is 3. The fourth-order valence-corrected chi connectivity index (χ4v) is 4.94. The van der Waals surface area contributed by atoms with E-state index in [1.54, 1.807) is 18.7 Å². The second-order valence-electron chi connectivity index (χ2n) is 9.57. The molecular formula is C23H31F3N6O2. The third kappa shape index (κ3) is 5.02. The highest BCUT2D eigenvalue weighted by Crippen LogP contribution is 2.28. The molecule has 2 aliphatic heterocycles. The number of rotatable bonds is 4. The quantitative estimate of drug-likeness (QED) is 0.671. The number of hydrogen-bond donors (Lipinski definition) is 0. The molecule has 2 aromatic rings. The van der Waals surface area contributed by atoms with Gasteiger partial charge in [0, 0.05) is 49.9 Å². The molecule has 2 aromatic heterocycles. The lowest BCUT2D eigenvalue weighted by Gasteiger charge is -2.36. The minimum Gasteiger partial charge on any atom is -0.343 e. The van der Waals surface area contributed by atoms with E-state index in [1.165, 1.54) is 0 Å². The predicted octanol–water partition coefficient (Wildman–Crippen LogP) is 3.19. The fraction of sp³-hybridized carbons (Fsp3) is 0.696. The van der Waals surface area contributed by atoms with Crippen LogP contribution in [0.2, 0.25) is 0 Å². The minimum atomic E-state index is -4.65. The Morgan fingerprint density at radius 3 is 2.21 bits per heavy atom. The molecule has 34 heavy (non-hydrogen) atoms. The zero-order chi connectivity index (χ0) is 24.6. The van der Waals surface area contributed by atoms with Crippen LogP contribution < -0.4 is 0 Å². The number of likely N-dealkylation sites (tertiary alicyclic amines) is 2. The molecule has 11 heteroatoms. The molecular weight excluding hydrogens is 449 g/mol. The molecule has 0 bridgehead atoms. The first kappa shape index (κ1) is 24.4. The normalized spacial score (nSPS) is 18.6. The number of fused-ring (bicyclic) bond motifs is 1. The molecule has 0 radical (unpaired) electrons. The molecule has 0 N–H and O–H groups in total. The summed E-state index contributed by atoms with van der Waals surface area (Å²) in [6.45, 7) is 8.33. The van der Waals surface area contributed by atoms with Crippen molar-refractivity contribution >= 4 is 17.6 Å². The van der Waals surface area contributed by atoms with Gasteiger partial charge in [-0.3, -0.25) is 9.59 Å². The standard InChI is InChI=1S/C23H31F3N6O2/c1-14-6-10-31(11-7-14)20(34)17-8-12-30(13-9-17)19(33)5-4-18-15(2)27-22-28-21(23(24,25)26)29-32(22)16(18)3/h14,17H,4-13H2,1-3H3. The first-order valence-electron chi connectivity index (χ1n) is 11.9. The molecule has 4 rings (SSSR count). The van der Waals surface area contributed by atoms with Crippen molar-refractivity contribution in [2.75, 3.05) is 26.2 Å². The Hall–Kier alpha value is -2.72. The van der Waals surface area contributed by atoms with Crippen LogP contribution in [-0.2, 0) is 22.2 Å². The Morgan fingerprint density at radius 1 is 0.971 bits per heavy atom. The number of aromatic nitrogens is 4. The van der Waals surface area contributed by atoms with Gasteiger partial charge in [-0.1, -0.05) is 6.92 Å². The predicted molar refractivity (Wildman–Crippen MR) is 118 cm³/mol. The van der Waals surface area contributed by atoms with E-state index in [2.05, 4.69) is 22.0 Å². The van der Waals surface area contributed by atoms with Crippen LogP contribution in [-0.4, -0.2) is 67.4 Å². The van der Waals surface area contributed by atoms with E-state index in [4.69, 9.17) is 0 Å². The SMILES string of the molecule is Cc1nc2nc(C(F)(F)F)nn2c(C)c1CCC(=O)N1CCC(C(=O)N2CCC(C)CC2)CC1. The molecule has 186 valence electrons. The average molecular weight is 481 g/mol. The van der Waals surface area contributed by atoms with Crippen LogP contribution in [0, 0.1) is 25.7 Å². The summed E-state index contributed by atoms with van der Waals surface area (Å²) in [5.74, 6) is -0.493. The second kappa shape index (κ2) is 9.50. The van der Waals surface area contributed by atoms with Crippen molar-refractivity contribution in [1.29, 1.82) is 0 Å². The summed E-state index contributed by atoms with van der Waals surface area (Å²) in [6.07, 6.45) is -0.639. The number of halogens is 3. The van der Waals surface area contributed by atoms with Crippen LogP contribution in [0.3, 0.4) is 0 Å². The summed E-state index contributed by atoms with van der Waals surface area (Å²) in [5, 5.41) is 3.56. The van der Waals surface area contributed by atoms with Crippen LogP contribution in [0.1, 0.15) is 61.8 Å². The molecule has 4 heterocycles. The average Bonchev–Trinajstić information content (AvgIpc) is 3.24. The van der Waals surface area contributed by atoms with Gasteiger partial charge >= 0.3 is 6.18 Å². The van der Waals surface area contributed by atoms with Crippen molar-refractivity contribution in [2.45, 2.75) is 65.5 Å². The van der Waals surface area contributed by atoms with Crippen LogP contribution in [0.4, 0.5) is 13.2 Å². The fourth-order valence-electron chi connectivity index (χ4n) is 4.94. The maximum Gasteiger partial charge on any atom is 0.453 e. The number of carbonyl (C=O) groups is 2. The zero-order valence-corrected chi connectivity index (χ0v) is 19.9. The molecule has 0 aromatic carbocycles. The topological polar surface area (TPSA) is 83.7 Å². The number of hydrogen-bond acceptors (Lipinski definition) is 5. The molecule has 0 atom stereocenters. The highest BCUT2D eigenvalue weighted by atomic mass is 19.4. The summed E-state index contributed by atoms with van der Waals surface area (Å²) in [6, 6.07) is 0. The van der Waals surface area contributed by atoms with Crippen molar-refractivity contribution in [3.63, 3.8) is 0 Å². The third-order valence-corrected chi connectivity index (χ3v) is 7.18. The molecule has 2 amide bonds. The van der Waals surface area contributed by atoms with Crippen molar-refractivity contribution in [2.24, 2.45) is 11.8 Å². The molecule has 2 saturated heterocycles. The van der Waals surface area contributed by atoms with E-state index in [-0.39, 0.29) is 29.9 Å². The lowest BCUT2D eigenvalue weighted by Crippen LogP contribution is -2.46. The molecule has 0 spiro atoms. The first-order chi connectivity index (χ1) is 16.0. The molecule has 0 aliphatic carbocycles. The Labute approximate surface area is 196 Å².